The number of rotatable bonds is 4. The maximum Gasteiger partial charge on any atom is 0.233 e. The maximum atomic E-state index is 13.3. The second-order valence-electron chi connectivity index (χ2n) is 3.98. The van der Waals surface area contributed by atoms with Gasteiger partial charge in [0.25, 0.3) is 0 Å². The van der Waals surface area contributed by atoms with Gasteiger partial charge >= 0.3 is 0 Å². The molecule has 1 rings (SSSR count). The highest BCUT2D eigenvalue weighted by atomic mass is 32.2. The fourth-order valence-electron chi connectivity index (χ4n) is 1.28. The van der Waals surface area contributed by atoms with Crippen LogP contribution in [0.5, 0.6) is 0 Å². The van der Waals surface area contributed by atoms with Crippen molar-refractivity contribution in [1.82, 2.24) is 0 Å². The third-order valence-corrected chi connectivity index (χ3v) is 3.48. The topological polar surface area (TPSA) is 72.2 Å². The molecule has 90 valence electrons. The van der Waals surface area contributed by atoms with Gasteiger partial charge in [-0.05, 0) is 18.1 Å². The number of sulfonamides is 1. The largest absolute Gasteiger partial charge is 0.397 e. The Morgan fingerprint density at radius 1 is 1.44 bits per heavy atom. The van der Waals surface area contributed by atoms with Crippen molar-refractivity contribution >= 4 is 21.4 Å². The average molecular weight is 246 g/mol. The lowest BCUT2D eigenvalue weighted by Crippen LogP contribution is -2.21. The van der Waals surface area contributed by atoms with E-state index >= 15 is 0 Å². The van der Waals surface area contributed by atoms with Crippen LogP contribution in [0, 0.1) is 11.7 Å². The average Bonchev–Trinajstić information content (AvgIpc) is 2.09. The molecule has 16 heavy (non-hydrogen) atoms. The Balaban J connectivity index is 2.97. The predicted molar refractivity (Wildman–Crippen MR) is 63.1 cm³/mol. The molecule has 1 aromatic carbocycles. The lowest BCUT2D eigenvalue weighted by molar-refractivity contribution is 0.585. The number of benzene rings is 1. The van der Waals surface area contributed by atoms with Gasteiger partial charge in [0, 0.05) is 0 Å². The van der Waals surface area contributed by atoms with Crippen molar-refractivity contribution in [2.24, 2.45) is 5.92 Å². The van der Waals surface area contributed by atoms with Crippen LogP contribution < -0.4 is 10.5 Å². The molecule has 6 heteroatoms. The molecule has 0 atom stereocenters. The summed E-state index contributed by atoms with van der Waals surface area (Å²) in [6.45, 7) is 3.54. The molecule has 0 amide bonds. The number of hydrogen-bond acceptors (Lipinski definition) is 3. The smallest absolute Gasteiger partial charge is 0.233 e. The molecule has 0 fully saturated rings. The Morgan fingerprint density at radius 2 is 2.06 bits per heavy atom. The summed E-state index contributed by atoms with van der Waals surface area (Å²) < 4.78 is 38.6. The van der Waals surface area contributed by atoms with Crippen molar-refractivity contribution in [3.05, 3.63) is 24.0 Å². The number of nitrogens with one attached hydrogen (secondary N) is 1. The fraction of sp³-hybridized carbons (Fsp3) is 0.400. The molecular formula is C10H15FN2O2S. The van der Waals surface area contributed by atoms with Crippen LogP contribution in [0.15, 0.2) is 18.2 Å². The van der Waals surface area contributed by atoms with Crippen molar-refractivity contribution in [2.75, 3.05) is 16.2 Å². The van der Waals surface area contributed by atoms with Crippen LogP contribution >= 0.6 is 0 Å². The van der Waals surface area contributed by atoms with Crippen molar-refractivity contribution in [2.45, 2.75) is 13.8 Å². The highest BCUT2D eigenvalue weighted by molar-refractivity contribution is 7.92. The maximum absolute atomic E-state index is 13.3. The zero-order chi connectivity index (χ0) is 12.3. The van der Waals surface area contributed by atoms with Gasteiger partial charge in [0.2, 0.25) is 10.0 Å². The molecule has 0 aliphatic rings. The molecule has 0 heterocycles. The fourth-order valence-corrected chi connectivity index (χ4v) is 2.77. The van der Waals surface area contributed by atoms with Crippen molar-refractivity contribution in [1.29, 1.82) is 0 Å². The van der Waals surface area contributed by atoms with Gasteiger partial charge in [-0.3, -0.25) is 4.72 Å². The third-order valence-electron chi connectivity index (χ3n) is 1.86. The molecule has 1 aromatic rings. The highest BCUT2D eigenvalue weighted by Gasteiger charge is 2.16. The van der Waals surface area contributed by atoms with E-state index in [1.165, 1.54) is 12.1 Å². The number of halogens is 1. The minimum Gasteiger partial charge on any atom is -0.397 e. The third kappa shape index (κ3) is 3.37. The summed E-state index contributed by atoms with van der Waals surface area (Å²) >= 11 is 0. The van der Waals surface area contributed by atoms with Crippen LogP contribution in [0.2, 0.25) is 0 Å². The Morgan fingerprint density at radius 3 is 2.56 bits per heavy atom. The van der Waals surface area contributed by atoms with Crippen LogP contribution in [-0.4, -0.2) is 14.2 Å². The van der Waals surface area contributed by atoms with E-state index in [4.69, 9.17) is 5.73 Å². The van der Waals surface area contributed by atoms with Crippen LogP contribution in [0.25, 0.3) is 0 Å². The molecule has 0 bridgehead atoms. The molecule has 4 nitrogen and oxygen atoms in total. The highest BCUT2D eigenvalue weighted by Crippen LogP contribution is 2.23. The van der Waals surface area contributed by atoms with Gasteiger partial charge in [0.1, 0.15) is 11.5 Å². The van der Waals surface area contributed by atoms with E-state index in [1.54, 1.807) is 13.8 Å². The van der Waals surface area contributed by atoms with Gasteiger partial charge in [-0.25, -0.2) is 12.8 Å². The van der Waals surface area contributed by atoms with Crippen molar-refractivity contribution in [3.63, 3.8) is 0 Å². The summed E-state index contributed by atoms with van der Waals surface area (Å²) in [5, 5.41) is 0. The summed E-state index contributed by atoms with van der Waals surface area (Å²) in [5.41, 5.74) is 5.39. The standard InChI is InChI=1S/C10H15FN2O2S/c1-7(2)6-16(14,15)13-10-8(11)4-3-5-9(10)12/h3-5,7,13H,6,12H2,1-2H3. The molecule has 0 saturated carbocycles. The quantitative estimate of drug-likeness (QED) is 0.796. The molecular weight excluding hydrogens is 231 g/mol. The van der Waals surface area contributed by atoms with Gasteiger partial charge in [-0.1, -0.05) is 19.9 Å². The minimum absolute atomic E-state index is 0.0366. The zero-order valence-corrected chi connectivity index (χ0v) is 10.0. The summed E-state index contributed by atoms with van der Waals surface area (Å²) in [6, 6.07) is 4.02. The van der Waals surface area contributed by atoms with E-state index < -0.39 is 15.8 Å². The van der Waals surface area contributed by atoms with Gasteiger partial charge in [-0.15, -0.1) is 0 Å². The molecule has 0 aliphatic heterocycles. The van der Waals surface area contributed by atoms with Gasteiger partial charge < -0.3 is 5.73 Å². The van der Waals surface area contributed by atoms with E-state index in [-0.39, 0.29) is 23.0 Å². The summed E-state index contributed by atoms with van der Waals surface area (Å²) in [4.78, 5) is 0. The first kappa shape index (κ1) is 12.8. The Labute approximate surface area is 94.7 Å². The van der Waals surface area contributed by atoms with Gasteiger partial charge in [0.05, 0.1) is 11.4 Å². The molecule has 0 unspecified atom stereocenters. The minimum atomic E-state index is -3.55. The van der Waals surface area contributed by atoms with E-state index in [2.05, 4.69) is 4.72 Å². The van der Waals surface area contributed by atoms with E-state index in [0.29, 0.717) is 0 Å². The predicted octanol–water partition coefficient (Wildman–Crippen LogP) is 1.81. The van der Waals surface area contributed by atoms with Crippen LogP contribution in [-0.2, 0) is 10.0 Å². The van der Waals surface area contributed by atoms with E-state index in [1.807, 2.05) is 0 Å². The molecule has 0 saturated heterocycles. The monoisotopic (exact) mass is 246 g/mol. The van der Waals surface area contributed by atoms with E-state index in [9.17, 15) is 12.8 Å². The lowest BCUT2D eigenvalue weighted by Gasteiger charge is -2.12. The number of nitrogens with two attached hydrogens (primary N) is 1. The summed E-state index contributed by atoms with van der Waals surface area (Å²) in [7, 11) is -3.55. The molecule has 0 aromatic heterocycles. The normalized spacial score (nSPS) is 11.8. The van der Waals surface area contributed by atoms with Gasteiger partial charge in [0.15, 0.2) is 0 Å². The second-order valence-corrected chi connectivity index (χ2v) is 5.75. The zero-order valence-electron chi connectivity index (χ0n) is 9.20. The van der Waals surface area contributed by atoms with Crippen molar-refractivity contribution < 1.29 is 12.8 Å². The Kier molecular flexibility index (Phi) is 3.74. The first-order valence-corrected chi connectivity index (χ1v) is 6.51. The number of para-hydroxylation sites is 1. The molecule has 0 spiro atoms. The SMILES string of the molecule is CC(C)CS(=O)(=O)Nc1c(N)cccc1F. The molecule has 0 radical (unpaired) electrons. The Bertz CT molecular complexity index is 451. The first-order valence-electron chi connectivity index (χ1n) is 4.86. The summed E-state index contributed by atoms with van der Waals surface area (Å²) in [5.74, 6) is -0.779. The van der Waals surface area contributed by atoms with Gasteiger partial charge in [-0.2, -0.15) is 0 Å². The van der Waals surface area contributed by atoms with Crippen LogP contribution in [0.3, 0.4) is 0 Å². The number of nitrogen functional groups attached to an aromatic ring is 1. The van der Waals surface area contributed by atoms with Crippen LogP contribution in [0.4, 0.5) is 15.8 Å². The number of hydrogen-bond donors (Lipinski definition) is 2. The van der Waals surface area contributed by atoms with Crippen LogP contribution in [0.1, 0.15) is 13.8 Å². The first-order chi connectivity index (χ1) is 7.32. The lowest BCUT2D eigenvalue weighted by atomic mass is 10.3. The van der Waals surface area contributed by atoms with E-state index in [0.717, 1.165) is 6.07 Å². The molecule has 3 N–H and O–H groups in total. The summed E-state index contributed by atoms with van der Waals surface area (Å²) in [6.07, 6.45) is 0. The Hall–Kier alpha value is -1.30. The number of anilines is 2. The van der Waals surface area contributed by atoms with Crippen molar-refractivity contribution in [3.8, 4) is 0 Å². The molecule has 0 aliphatic carbocycles. The second kappa shape index (κ2) is 4.69.